The van der Waals surface area contributed by atoms with Crippen LogP contribution < -0.4 is 31.9 Å². The Labute approximate surface area is 493 Å². The van der Waals surface area contributed by atoms with Crippen molar-refractivity contribution in [2.45, 2.75) is 182 Å². The van der Waals surface area contributed by atoms with E-state index in [-0.39, 0.29) is 113 Å². The van der Waals surface area contributed by atoms with E-state index in [4.69, 9.17) is 0 Å². The molecule has 0 spiro atoms. The lowest BCUT2D eigenvalue weighted by molar-refractivity contribution is -0.145. The summed E-state index contributed by atoms with van der Waals surface area (Å²) in [6.07, 6.45) is 9.43. The predicted molar refractivity (Wildman–Crippen MR) is 313 cm³/mol. The van der Waals surface area contributed by atoms with Gasteiger partial charge in [-0.1, -0.05) is 88.8 Å². The van der Waals surface area contributed by atoms with Crippen molar-refractivity contribution < 1.29 is 55.2 Å². The van der Waals surface area contributed by atoms with Crippen LogP contribution in [0.3, 0.4) is 0 Å². The number of hydrogen-bond donors (Lipinski definition) is 6. The van der Waals surface area contributed by atoms with E-state index in [0.29, 0.717) is 30.4 Å². The Hall–Kier alpha value is -6.52. The minimum atomic E-state index is -3.57. The lowest BCUT2D eigenvalue weighted by Crippen LogP contribution is -2.57. The molecule has 0 aromatic heterocycles. The Kier molecular flexibility index (Phi) is 19.8. The number of hydrogen-bond acceptors (Lipinski definition) is 13. The maximum Gasteiger partial charge on any atom is 0.251 e. The number of likely N-dealkylation sites (N-methyl/N-ethyl adjacent to an activating group) is 1. The topological polar surface area (TPSA) is 284 Å². The fourth-order valence-corrected chi connectivity index (χ4v) is 16.7. The van der Waals surface area contributed by atoms with Gasteiger partial charge in [0.05, 0.1) is 39.4 Å². The van der Waals surface area contributed by atoms with E-state index in [2.05, 4.69) is 31.9 Å². The van der Waals surface area contributed by atoms with Gasteiger partial charge in [0, 0.05) is 54.6 Å². The first-order valence-electron chi connectivity index (χ1n) is 30.2. The molecule has 4 fully saturated rings. The van der Waals surface area contributed by atoms with Crippen LogP contribution in [0.5, 0.6) is 0 Å². The van der Waals surface area contributed by atoms with Gasteiger partial charge in [0.15, 0.2) is 19.7 Å². The Morgan fingerprint density at radius 3 is 1.45 bits per heavy atom. The zero-order valence-electron chi connectivity index (χ0n) is 48.6. The van der Waals surface area contributed by atoms with Crippen LogP contribution in [0, 0.1) is 23.7 Å². The minimum Gasteiger partial charge on any atom is -0.347 e. The molecule has 4 heterocycles. The lowest BCUT2D eigenvalue weighted by Gasteiger charge is -2.35. The zero-order valence-corrected chi connectivity index (χ0v) is 50.2. The van der Waals surface area contributed by atoms with E-state index in [0.717, 1.165) is 51.4 Å². The Bertz CT molecular complexity index is 2990. The van der Waals surface area contributed by atoms with Crippen molar-refractivity contribution >= 4 is 66.8 Å². The second kappa shape index (κ2) is 26.8. The van der Waals surface area contributed by atoms with E-state index in [1.165, 1.54) is 46.2 Å². The highest BCUT2D eigenvalue weighted by atomic mass is 32.2. The van der Waals surface area contributed by atoms with Gasteiger partial charge in [-0.15, -0.1) is 0 Å². The van der Waals surface area contributed by atoms with Crippen LogP contribution in [-0.2, 0) is 48.4 Å². The van der Waals surface area contributed by atoms with Crippen molar-refractivity contribution in [3.63, 3.8) is 0 Å². The largest absolute Gasteiger partial charge is 0.347 e. The second-order valence-corrected chi connectivity index (χ2v) is 28.3. The molecular formula is C62H82N8O12S2. The fourth-order valence-electron chi connectivity index (χ4n) is 13.5. The summed E-state index contributed by atoms with van der Waals surface area (Å²) in [4.78, 5) is 118. The molecule has 3 aromatic carbocycles. The maximum atomic E-state index is 15.0. The molecule has 9 rings (SSSR count). The third-order valence-corrected chi connectivity index (χ3v) is 22.3. The first-order valence-corrected chi connectivity index (χ1v) is 33.6. The fraction of sp³-hybridized carbons (Fsp3) is 0.581. The van der Waals surface area contributed by atoms with Crippen molar-refractivity contribution in [3.8, 4) is 0 Å². The van der Waals surface area contributed by atoms with Gasteiger partial charge in [0.2, 0.25) is 29.5 Å². The van der Waals surface area contributed by atoms with Crippen LogP contribution in [0.4, 0.5) is 0 Å². The molecule has 0 unspecified atom stereocenters. The second-order valence-electron chi connectivity index (χ2n) is 24.2. The summed E-state index contributed by atoms with van der Waals surface area (Å²) >= 11 is 0. The Morgan fingerprint density at radius 2 is 1.00 bits per heavy atom. The molecule has 3 aromatic rings. The highest BCUT2D eigenvalue weighted by Crippen LogP contribution is 2.38. The molecule has 2 saturated carbocycles. The number of ketones is 1. The molecule has 2 aliphatic carbocycles. The van der Waals surface area contributed by atoms with E-state index in [1.807, 2.05) is 6.92 Å². The van der Waals surface area contributed by atoms with Crippen LogP contribution in [0.25, 0.3) is 0 Å². The first kappa shape index (κ1) is 62.0. The van der Waals surface area contributed by atoms with Gasteiger partial charge in [0.1, 0.15) is 23.9 Å². The molecule has 6 N–H and O–H groups in total. The lowest BCUT2D eigenvalue weighted by atomic mass is 9.76. The molecule has 454 valence electrons. The first-order chi connectivity index (χ1) is 40.2. The molecule has 4 aliphatic heterocycles. The number of Topliss-reactive ketones (excluding diaryl/α,β-unsaturated/α-hetero) is 1. The molecular weight excluding hydrogens is 1110 g/mol. The van der Waals surface area contributed by atoms with Crippen molar-refractivity contribution in [2.24, 2.45) is 23.7 Å². The number of benzene rings is 3. The Morgan fingerprint density at radius 1 is 0.560 bits per heavy atom. The van der Waals surface area contributed by atoms with Crippen LogP contribution in [-0.4, -0.2) is 142 Å². The van der Waals surface area contributed by atoms with E-state index in [1.54, 1.807) is 57.3 Å². The summed E-state index contributed by atoms with van der Waals surface area (Å²) in [6.45, 7) is 5.36. The monoisotopic (exact) mass is 1190 g/mol. The van der Waals surface area contributed by atoms with E-state index >= 15 is 0 Å². The third-order valence-electron chi connectivity index (χ3n) is 18.7. The summed E-state index contributed by atoms with van der Waals surface area (Å²) < 4.78 is 52.1. The summed E-state index contributed by atoms with van der Waals surface area (Å²) in [5, 5.41) is 18.1. The maximum absolute atomic E-state index is 15.0. The van der Waals surface area contributed by atoms with Crippen molar-refractivity contribution in [1.82, 2.24) is 41.7 Å². The molecule has 7 amide bonds. The van der Waals surface area contributed by atoms with Crippen LogP contribution >= 0.6 is 0 Å². The number of carbonyl (C=O) groups excluding carboxylic acids is 8. The van der Waals surface area contributed by atoms with Crippen LogP contribution in [0.15, 0.2) is 82.6 Å². The highest BCUT2D eigenvalue weighted by molar-refractivity contribution is 7.91. The number of amides is 7. The SMILES string of the molecule is CC[C@@H](C)C(=O)N[C@H](C(=O)N1C[C@@H](NC(=O)c2ccc(C(=O)N[C@H]3C[C@@H](C(=O)N[C@@H]4CCS(=O)(=O)c5ccccc54)N(C(=O)[C@@H](CC(=O)[C@H](C)NC)C4CCCCC4)C3)cc2)C[C@H]1C(=O)N[C@@H]1CCS(=O)(=O)c2ccccc21)C1CCCCC1. The van der Waals surface area contributed by atoms with E-state index in [9.17, 15) is 55.2 Å². The number of nitrogens with zero attached hydrogens (tertiary/aromatic N) is 2. The zero-order chi connectivity index (χ0) is 60.0. The highest BCUT2D eigenvalue weighted by Gasteiger charge is 2.48. The molecule has 6 aliphatic rings. The van der Waals surface area contributed by atoms with Gasteiger partial charge in [-0.25, -0.2) is 16.8 Å². The summed E-state index contributed by atoms with van der Waals surface area (Å²) in [6, 6.07) is 12.7. The number of sulfone groups is 2. The molecule has 84 heavy (non-hydrogen) atoms. The van der Waals surface area contributed by atoms with Gasteiger partial charge < -0.3 is 41.7 Å². The molecule has 0 radical (unpaired) electrons. The summed E-state index contributed by atoms with van der Waals surface area (Å²) in [7, 11) is -5.46. The third kappa shape index (κ3) is 13.9. The normalized spacial score (nSPS) is 25.3. The molecule has 2 saturated heterocycles. The number of nitrogens with one attached hydrogen (secondary N) is 6. The van der Waals surface area contributed by atoms with E-state index < -0.39 is 103 Å². The average Bonchev–Trinajstić information content (AvgIpc) is 3.78. The van der Waals surface area contributed by atoms with Gasteiger partial charge in [-0.3, -0.25) is 38.4 Å². The van der Waals surface area contributed by atoms with Gasteiger partial charge in [0.25, 0.3) is 11.8 Å². The van der Waals surface area contributed by atoms with Crippen LogP contribution in [0.2, 0.25) is 0 Å². The number of fused-ring (bicyclic) bond motifs is 2. The quantitative estimate of drug-likeness (QED) is 0.0920. The van der Waals surface area contributed by atoms with Gasteiger partial charge in [-0.2, -0.15) is 0 Å². The minimum absolute atomic E-state index is 0.0149. The van der Waals surface area contributed by atoms with Crippen molar-refractivity contribution in [3.05, 3.63) is 95.1 Å². The molecule has 20 nitrogen and oxygen atoms in total. The molecule has 0 bridgehead atoms. The standard InChI is InChI=1S/C62H82N8O12S2/c1-5-37(2)56(72)68-55(40-18-10-7-11-19-40)62(78)70-36-44(33-51(70)60(76)67-49-29-31-84(81,82)54-23-15-13-21-46(49)54)65-58(74)42-26-24-41(25-27-42)57(73)64-43-32-50(59(75)66-48-28-30-83(79,80)53-22-14-12-20-45(48)53)69(35-43)61(77)47(34-52(71)38(3)63-4)39-16-8-6-9-17-39/h12-15,20-27,37-40,43-44,47-51,55,63H,5-11,16-19,28-36H2,1-4H3,(H,64,73)(H,65,74)(H,66,75)(H,67,76)(H,68,72)/t37-,38+,43+,44+,47+,48-,49-,50+,51+,55+/m1/s1. The van der Waals surface area contributed by atoms with Crippen molar-refractivity contribution in [2.75, 3.05) is 31.6 Å². The van der Waals surface area contributed by atoms with Gasteiger partial charge in [-0.05, 0) is 131 Å². The summed E-state index contributed by atoms with van der Waals surface area (Å²) in [5.41, 5.74) is 1.28. The number of carbonyl (C=O) groups is 8. The molecule has 10 atom stereocenters. The van der Waals surface area contributed by atoms with Crippen LogP contribution in [0.1, 0.15) is 167 Å². The number of rotatable bonds is 19. The summed E-state index contributed by atoms with van der Waals surface area (Å²) in [5.74, 6) is -4.89. The Balaban J connectivity index is 0.912. The van der Waals surface area contributed by atoms with Crippen molar-refractivity contribution in [1.29, 1.82) is 0 Å². The average molecular weight is 1200 g/mol. The predicted octanol–water partition coefficient (Wildman–Crippen LogP) is 5.03. The van der Waals surface area contributed by atoms with Gasteiger partial charge >= 0.3 is 0 Å². The smallest absolute Gasteiger partial charge is 0.251 e. The molecule has 22 heteroatoms. The number of likely N-dealkylation sites (tertiary alicyclic amines) is 2.